The fraction of sp³-hybridized carbons (Fsp3) is 0.500. The molecule has 30 heavy (non-hydrogen) atoms. The number of thiocarbonyl (C=S) groups is 1. The molecule has 0 atom stereocenters. The van der Waals surface area contributed by atoms with Gasteiger partial charge in [-0.25, -0.2) is 15.0 Å². The first-order valence-corrected chi connectivity index (χ1v) is 11.4. The average Bonchev–Trinajstić information content (AvgIpc) is 3.23. The van der Waals surface area contributed by atoms with Crippen LogP contribution >= 0.6 is 23.6 Å². The Hall–Kier alpha value is -2.14. The Bertz CT molecular complexity index is 815. The van der Waals surface area contributed by atoms with Crippen LogP contribution in [0.4, 0.5) is 5.95 Å². The van der Waals surface area contributed by atoms with Gasteiger partial charge in [0, 0.05) is 35.9 Å². The minimum absolute atomic E-state index is 0.500. The van der Waals surface area contributed by atoms with Gasteiger partial charge < -0.3 is 15.4 Å². The maximum atomic E-state index is 5.47. The van der Waals surface area contributed by atoms with Gasteiger partial charge in [0.25, 0.3) is 0 Å². The number of guanidine groups is 1. The molecular formula is C20H29N7OS2. The van der Waals surface area contributed by atoms with Crippen LogP contribution in [-0.2, 0) is 11.3 Å². The molecule has 0 aromatic carbocycles. The summed E-state index contributed by atoms with van der Waals surface area (Å²) in [6.07, 6.45) is 1.01. The molecule has 2 aromatic rings. The highest BCUT2D eigenvalue weighted by atomic mass is 32.1. The lowest BCUT2D eigenvalue weighted by atomic mass is 10.3. The molecule has 1 aliphatic heterocycles. The van der Waals surface area contributed by atoms with Crippen molar-refractivity contribution >= 4 is 40.6 Å². The number of anilines is 1. The summed E-state index contributed by atoms with van der Waals surface area (Å²) in [6, 6.07) is 6.01. The molecule has 8 nitrogen and oxygen atoms in total. The smallest absolute Gasteiger partial charge is 0.229 e. The number of aryl methyl sites for hydroxylation is 2. The van der Waals surface area contributed by atoms with Gasteiger partial charge in [-0.1, -0.05) is 6.07 Å². The Morgan fingerprint density at radius 1 is 1.27 bits per heavy atom. The average molecular weight is 448 g/mol. The van der Waals surface area contributed by atoms with Gasteiger partial charge in [0.15, 0.2) is 5.11 Å². The summed E-state index contributed by atoms with van der Waals surface area (Å²) in [4.78, 5) is 17.1. The maximum absolute atomic E-state index is 5.47. The van der Waals surface area contributed by atoms with Crippen LogP contribution < -0.4 is 16.0 Å². The third kappa shape index (κ3) is 7.94. The number of nitrogens with zero attached hydrogens (tertiary/aromatic N) is 4. The lowest BCUT2D eigenvalue weighted by Gasteiger charge is -2.26. The predicted molar refractivity (Wildman–Crippen MR) is 126 cm³/mol. The molecule has 0 spiro atoms. The summed E-state index contributed by atoms with van der Waals surface area (Å²) in [5, 5.41) is 12.1. The zero-order valence-corrected chi connectivity index (χ0v) is 19.1. The van der Waals surface area contributed by atoms with Crippen molar-refractivity contribution in [2.24, 2.45) is 4.99 Å². The van der Waals surface area contributed by atoms with Gasteiger partial charge in [-0.3, -0.25) is 10.2 Å². The second-order valence-electron chi connectivity index (χ2n) is 7.03. The summed E-state index contributed by atoms with van der Waals surface area (Å²) in [5.74, 6) is 1.03. The van der Waals surface area contributed by atoms with Crippen LogP contribution in [0.25, 0.3) is 0 Å². The van der Waals surface area contributed by atoms with Crippen LogP contribution in [0.3, 0.4) is 0 Å². The highest BCUT2D eigenvalue weighted by molar-refractivity contribution is 7.80. The Morgan fingerprint density at radius 2 is 2.03 bits per heavy atom. The first-order valence-electron chi connectivity index (χ1n) is 10.1. The highest BCUT2D eigenvalue weighted by Gasteiger charge is 2.10. The second kappa shape index (κ2) is 11.9. The molecule has 1 fully saturated rings. The normalized spacial score (nSPS) is 15.1. The van der Waals surface area contributed by atoms with E-state index in [0.29, 0.717) is 23.6 Å². The SMILES string of the molecule is Cc1cc(C)nc(NC(=NCc2cccs2)NC(=S)NCCCN2CCOCC2)n1. The zero-order chi connectivity index (χ0) is 21.2. The number of hydrogen-bond donors (Lipinski definition) is 3. The largest absolute Gasteiger partial charge is 0.379 e. The van der Waals surface area contributed by atoms with E-state index in [0.717, 1.165) is 57.2 Å². The van der Waals surface area contributed by atoms with E-state index in [1.165, 1.54) is 4.88 Å². The molecule has 0 radical (unpaired) electrons. The van der Waals surface area contributed by atoms with Crippen LogP contribution in [0.5, 0.6) is 0 Å². The van der Waals surface area contributed by atoms with Gasteiger partial charge in [0.05, 0.1) is 19.8 Å². The van der Waals surface area contributed by atoms with Crippen LogP contribution in [0, 0.1) is 13.8 Å². The summed E-state index contributed by atoms with van der Waals surface area (Å²) in [5.41, 5.74) is 1.79. The molecule has 0 bridgehead atoms. The molecule has 0 unspecified atom stereocenters. The van der Waals surface area contributed by atoms with E-state index >= 15 is 0 Å². The monoisotopic (exact) mass is 447 g/mol. The summed E-state index contributed by atoms with van der Waals surface area (Å²) in [7, 11) is 0. The van der Waals surface area contributed by atoms with Gasteiger partial charge in [0.1, 0.15) is 0 Å². The van der Waals surface area contributed by atoms with Gasteiger partial charge in [-0.05, 0) is 56.5 Å². The van der Waals surface area contributed by atoms with Crippen molar-refractivity contribution in [3.63, 3.8) is 0 Å². The minimum Gasteiger partial charge on any atom is -0.379 e. The molecule has 1 aliphatic rings. The van der Waals surface area contributed by atoms with Crippen molar-refractivity contribution in [2.45, 2.75) is 26.8 Å². The number of thiophene rings is 1. The van der Waals surface area contributed by atoms with Gasteiger partial charge in [0.2, 0.25) is 11.9 Å². The van der Waals surface area contributed by atoms with E-state index in [1.807, 2.05) is 31.4 Å². The number of hydrogen-bond acceptors (Lipinski definition) is 7. The molecule has 3 rings (SSSR count). The Labute approximate surface area is 187 Å². The third-order valence-corrected chi connectivity index (χ3v) is 5.57. The highest BCUT2D eigenvalue weighted by Crippen LogP contribution is 2.10. The Balaban J connectivity index is 1.52. The van der Waals surface area contributed by atoms with Gasteiger partial charge >= 0.3 is 0 Å². The first kappa shape index (κ1) is 22.5. The lowest BCUT2D eigenvalue weighted by Crippen LogP contribution is -2.44. The fourth-order valence-corrected chi connectivity index (χ4v) is 3.87. The van der Waals surface area contributed by atoms with Crippen molar-refractivity contribution in [1.29, 1.82) is 0 Å². The molecule has 1 saturated heterocycles. The first-order chi connectivity index (χ1) is 14.6. The molecule has 3 heterocycles. The minimum atomic E-state index is 0.500. The molecule has 0 saturated carbocycles. The fourth-order valence-electron chi connectivity index (χ4n) is 3.04. The number of ether oxygens (including phenoxy) is 1. The maximum Gasteiger partial charge on any atom is 0.229 e. The van der Waals surface area contributed by atoms with Crippen molar-refractivity contribution in [1.82, 2.24) is 25.5 Å². The number of nitrogens with one attached hydrogen (secondary N) is 3. The predicted octanol–water partition coefficient (Wildman–Crippen LogP) is 2.31. The Kier molecular flexibility index (Phi) is 8.94. The van der Waals surface area contributed by atoms with Crippen LogP contribution in [-0.4, -0.2) is 65.3 Å². The van der Waals surface area contributed by atoms with E-state index in [4.69, 9.17) is 17.0 Å². The summed E-state index contributed by atoms with van der Waals surface area (Å²) >= 11 is 7.14. The van der Waals surface area contributed by atoms with E-state index in [-0.39, 0.29) is 0 Å². The zero-order valence-electron chi connectivity index (χ0n) is 17.5. The number of aromatic nitrogens is 2. The third-order valence-electron chi connectivity index (χ3n) is 4.46. The van der Waals surface area contributed by atoms with Crippen molar-refractivity contribution in [3.05, 3.63) is 39.8 Å². The van der Waals surface area contributed by atoms with E-state index in [9.17, 15) is 0 Å². The number of rotatable bonds is 7. The number of morpholine rings is 1. The summed E-state index contributed by atoms with van der Waals surface area (Å²) in [6.45, 7) is 9.91. The van der Waals surface area contributed by atoms with Crippen molar-refractivity contribution in [2.75, 3.05) is 44.7 Å². The lowest BCUT2D eigenvalue weighted by molar-refractivity contribution is 0.0376. The standard InChI is InChI=1S/C20H29N7OS2/c1-15-13-16(2)24-19(23-15)25-18(22-14-17-5-3-12-30-17)26-20(29)21-6-4-7-27-8-10-28-11-9-27/h3,5,12-13H,4,6-11,14H2,1-2H3,(H3,21,22,23,24,25,26,29). The topological polar surface area (TPSA) is 86.7 Å². The Morgan fingerprint density at radius 3 is 2.73 bits per heavy atom. The molecule has 10 heteroatoms. The quantitative estimate of drug-likeness (QED) is 0.258. The molecule has 2 aromatic heterocycles. The number of aliphatic imine (C=N–C) groups is 1. The molecule has 3 N–H and O–H groups in total. The van der Waals surface area contributed by atoms with E-state index in [2.05, 4.69) is 41.9 Å². The van der Waals surface area contributed by atoms with Crippen LogP contribution in [0.1, 0.15) is 22.7 Å². The van der Waals surface area contributed by atoms with E-state index in [1.54, 1.807) is 11.3 Å². The van der Waals surface area contributed by atoms with Gasteiger partial charge in [-0.2, -0.15) is 0 Å². The van der Waals surface area contributed by atoms with E-state index < -0.39 is 0 Å². The van der Waals surface area contributed by atoms with Crippen molar-refractivity contribution < 1.29 is 4.74 Å². The molecule has 0 amide bonds. The molecule has 162 valence electrons. The molecule has 0 aliphatic carbocycles. The summed E-state index contributed by atoms with van der Waals surface area (Å²) < 4.78 is 5.38. The van der Waals surface area contributed by atoms with Gasteiger partial charge in [-0.15, -0.1) is 11.3 Å². The second-order valence-corrected chi connectivity index (χ2v) is 8.47. The van der Waals surface area contributed by atoms with Crippen LogP contribution in [0.2, 0.25) is 0 Å². The molecular weight excluding hydrogens is 418 g/mol. The van der Waals surface area contributed by atoms with Crippen molar-refractivity contribution in [3.8, 4) is 0 Å². The van der Waals surface area contributed by atoms with Crippen LogP contribution in [0.15, 0.2) is 28.6 Å².